The van der Waals surface area contributed by atoms with Gasteiger partial charge >= 0.3 is 6.03 Å². The molecule has 6 nitrogen and oxygen atoms in total. The fourth-order valence-corrected chi connectivity index (χ4v) is 1.68. The van der Waals surface area contributed by atoms with Gasteiger partial charge in [-0.05, 0) is 12.1 Å². The highest BCUT2D eigenvalue weighted by atomic mass is 16.5. The van der Waals surface area contributed by atoms with Crippen molar-refractivity contribution in [1.82, 2.24) is 10.6 Å². The summed E-state index contributed by atoms with van der Waals surface area (Å²) >= 11 is 0. The highest BCUT2D eigenvalue weighted by Gasteiger charge is 2.26. The number of hydrogen-bond donors (Lipinski definition) is 2. The molecule has 0 spiro atoms. The van der Waals surface area contributed by atoms with Crippen LogP contribution in [0.3, 0.4) is 0 Å². The van der Waals surface area contributed by atoms with E-state index in [2.05, 4.69) is 0 Å². The number of nitrogens with one attached hydrogen (secondary N) is 2. The van der Waals surface area contributed by atoms with Crippen LogP contribution in [0.4, 0.5) is 4.79 Å². The summed E-state index contributed by atoms with van der Waals surface area (Å²) < 4.78 is 5.17. The molecular weight excluding hydrogens is 260 g/mol. The highest BCUT2D eigenvalue weighted by Crippen LogP contribution is 2.18. The molecule has 0 aliphatic carbocycles. The molecule has 6 heteroatoms. The molecule has 102 valence electrons. The minimum Gasteiger partial charge on any atom is -0.496 e. The first-order chi connectivity index (χ1) is 9.61. The van der Waals surface area contributed by atoms with Gasteiger partial charge in [0.25, 0.3) is 11.8 Å². The van der Waals surface area contributed by atoms with Crippen molar-refractivity contribution in [1.29, 1.82) is 0 Å². The Morgan fingerprint density at radius 1 is 1.05 bits per heavy atom. The molecule has 0 bridgehead atoms. The van der Waals surface area contributed by atoms with Crippen LogP contribution in [0, 0.1) is 0 Å². The number of ether oxygens (including phenoxy) is 1. The van der Waals surface area contributed by atoms with Crippen LogP contribution in [-0.2, 0) is 9.59 Å². The molecule has 1 saturated heterocycles. The van der Waals surface area contributed by atoms with Gasteiger partial charge < -0.3 is 4.74 Å². The maximum absolute atomic E-state index is 11.5. The summed E-state index contributed by atoms with van der Waals surface area (Å²) in [6.45, 7) is 0. The average molecular weight is 272 g/mol. The molecule has 1 aliphatic heterocycles. The van der Waals surface area contributed by atoms with E-state index in [0.717, 1.165) is 5.56 Å². The van der Waals surface area contributed by atoms with E-state index in [1.54, 1.807) is 25.3 Å². The van der Waals surface area contributed by atoms with Crippen molar-refractivity contribution in [2.75, 3.05) is 7.11 Å². The summed E-state index contributed by atoms with van der Waals surface area (Å²) in [4.78, 5) is 33.8. The monoisotopic (exact) mass is 272 g/mol. The number of methoxy groups -OCH3 is 1. The largest absolute Gasteiger partial charge is 0.496 e. The smallest absolute Gasteiger partial charge is 0.328 e. The van der Waals surface area contributed by atoms with Crippen molar-refractivity contribution in [3.63, 3.8) is 0 Å². The van der Waals surface area contributed by atoms with E-state index in [-0.39, 0.29) is 5.57 Å². The second-order valence-corrected chi connectivity index (χ2v) is 3.92. The van der Waals surface area contributed by atoms with Crippen LogP contribution in [0.5, 0.6) is 5.75 Å². The van der Waals surface area contributed by atoms with Crippen LogP contribution in [0.2, 0.25) is 0 Å². The van der Waals surface area contributed by atoms with E-state index in [1.807, 2.05) is 28.8 Å². The zero-order valence-electron chi connectivity index (χ0n) is 10.7. The Hall–Kier alpha value is -2.89. The molecule has 0 saturated carbocycles. The van der Waals surface area contributed by atoms with Gasteiger partial charge in [0.2, 0.25) is 0 Å². The standard InChI is InChI=1S/C14H12N2O4/c1-20-11-8-3-2-5-9(11)6-4-7-10-12(17)15-14(19)16-13(10)18/h2-8H,1H3,(H2,15,16,17,18,19)/b6-4-. The number of benzene rings is 1. The summed E-state index contributed by atoms with van der Waals surface area (Å²) in [7, 11) is 1.55. The summed E-state index contributed by atoms with van der Waals surface area (Å²) in [6, 6.07) is 6.49. The Kier molecular flexibility index (Phi) is 3.95. The van der Waals surface area contributed by atoms with Crippen molar-refractivity contribution in [2.45, 2.75) is 0 Å². The summed E-state index contributed by atoms with van der Waals surface area (Å²) in [5.74, 6) is -0.762. The van der Waals surface area contributed by atoms with Crippen molar-refractivity contribution >= 4 is 23.9 Å². The van der Waals surface area contributed by atoms with Gasteiger partial charge in [0, 0.05) is 5.56 Å². The molecule has 1 fully saturated rings. The first-order valence-electron chi connectivity index (χ1n) is 5.80. The van der Waals surface area contributed by atoms with Gasteiger partial charge in [0.1, 0.15) is 11.3 Å². The molecule has 0 aromatic heterocycles. The van der Waals surface area contributed by atoms with Crippen LogP contribution in [0.1, 0.15) is 5.56 Å². The Labute approximate surface area is 115 Å². The molecule has 4 amide bonds. The third kappa shape index (κ3) is 2.92. The number of urea groups is 1. The predicted molar refractivity (Wildman–Crippen MR) is 71.8 cm³/mol. The van der Waals surface area contributed by atoms with Crippen molar-refractivity contribution < 1.29 is 19.1 Å². The lowest BCUT2D eigenvalue weighted by Crippen LogP contribution is -2.51. The number of carbonyl (C=O) groups excluding carboxylic acids is 3. The number of amides is 4. The Bertz CT molecular complexity index is 610. The van der Waals surface area contributed by atoms with Crippen LogP contribution in [0.25, 0.3) is 6.08 Å². The van der Waals surface area contributed by atoms with Gasteiger partial charge in [-0.3, -0.25) is 20.2 Å². The molecule has 0 atom stereocenters. The quantitative estimate of drug-likeness (QED) is 0.635. The van der Waals surface area contributed by atoms with E-state index < -0.39 is 17.8 Å². The van der Waals surface area contributed by atoms with Crippen LogP contribution >= 0.6 is 0 Å². The molecule has 20 heavy (non-hydrogen) atoms. The Morgan fingerprint density at radius 2 is 1.70 bits per heavy atom. The van der Waals surface area contributed by atoms with Crippen molar-refractivity contribution in [3.8, 4) is 5.75 Å². The SMILES string of the molecule is COc1ccccc1/C=C\C=C1C(=O)NC(=O)NC1=O. The van der Waals surface area contributed by atoms with E-state index in [1.165, 1.54) is 6.08 Å². The van der Waals surface area contributed by atoms with Gasteiger partial charge in [-0.15, -0.1) is 0 Å². The Balaban J connectivity index is 2.20. The number of barbiturate groups is 1. The van der Waals surface area contributed by atoms with Crippen LogP contribution in [0.15, 0.2) is 42.0 Å². The first kappa shape index (κ1) is 13.5. The Morgan fingerprint density at radius 3 is 2.35 bits per heavy atom. The first-order valence-corrected chi connectivity index (χ1v) is 5.80. The fraction of sp³-hybridized carbons (Fsp3) is 0.0714. The van der Waals surface area contributed by atoms with Crippen molar-refractivity contribution in [2.24, 2.45) is 0 Å². The molecule has 0 radical (unpaired) electrons. The second-order valence-electron chi connectivity index (χ2n) is 3.92. The van der Waals surface area contributed by atoms with E-state index >= 15 is 0 Å². The molecular formula is C14H12N2O4. The summed E-state index contributed by atoms with van der Waals surface area (Å²) in [6.07, 6.45) is 4.58. The van der Waals surface area contributed by atoms with Gasteiger partial charge in [0.05, 0.1) is 7.11 Å². The summed E-state index contributed by atoms with van der Waals surface area (Å²) in [5, 5.41) is 3.99. The lowest BCUT2D eigenvalue weighted by Gasteiger charge is -2.13. The topological polar surface area (TPSA) is 84.5 Å². The molecule has 2 N–H and O–H groups in total. The maximum Gasteiger partial charge on any atom is 0.328 e. The zero-order valence-corrected chi connectivity index (χ0v) is 10.7. The van der Waals surface area contributed by atoms with E-state index in [0.29, 0.717) is 5.75 Å². The lowest BCUT2D eigenvalue weighted by atomic mass is 10.1. The third-order valence-electron chi connectivity index (χ3n) is 2.62. The van der Waals surface area contributed by atoms with Gasteiger partial charge in [-0.25, -0.2) is 4.79 Å². The fourth-order valence-electron chi connectivity index (χ4n) is 1.68. The molecule has 1 aromatic carbocycles. The van der Waals surface area contributed by atoms with E-state index in [4.69, 9.17) is 4.74 Å². The average Bonchev–Trinajstić information content (AvgIpc) is 2.42. The molecule has 1 aliphatic rings. The van der Waals surface area contributed by atoms with E-state index in [9.17, 15) is 14.4 Å². The minimum absolute atomic E-state index is 0.129. The number of rotatable bonds is 3. The number of imide groups is 2. The number of hydrogen-bond acceptors (Lipinski definition) is 4. The van der Waals surface area contributed by atoms with Crippen LogP contribution in [-0.4, -0.2) is 25.0 Å². The van der Waals surface area contributed by atoms with Gasteiger partial charge in [0.15, 0.2) is 0 Å². The lowest BCUT2D eigenvalue weighted by molar-refractivity contribution is -0.124. The normalized spacial score (nSPS) is 15.1. The number of para-hydroxylation sites is 1. The molecule has 0 unspecified atom stereocenters. The highest BCUT2D eigenvalue weighted by molar-refractivity contribution is 6.29. The van der Waals surface area contributed by atoms with Gasteiger partial charge in [-0.2, -0.15) is 0 Å². The van der Waals surface area contributed by atoms with Gasteiger partial charge in [-0.1, -0.05) is 30.4 Å². The molecule has 1 aromatic rings. The summed E-state index contributed by atoms with van der Waals surface area (Å²) in [5.41, 5.74) is 0.676. The predicted octanol–water partition coefficient (Wildman–Crippen LogP) is 1.00. The minimum atomic E-state index is -0.814. The molecule has 1 heterocycles. The van der Waals surface area contributed by atoms with Crippen molar-refractivity contribution in [3.05, 3.63) is 47.6 Å². The zero-order chi connectivity index (χ0) is 14.5. The third-order valence-corrected chi connectivity index (χ3v) is 2.62. The van der Waals surface area contributed by atoms with Crippen LogP contribution < -0.4 is 15.4 Å². The maximum atomic E-state index is 11.5. The second kappa shape index (κ2) is 5.83. The molecule has 2 rings (SSSR count). The number of carbonyl (C=O) groups is 3. The number of allylic oxidation sites excluding steroid dienone is 2.